The molecule has 3 rings (SSSR count). The number of hydrogen-bond acceptors (Lipinski definition) is 3. The molecule has 0 heterocycles. The Morgan fingerprint density at radius 1 is 0.971 bits per heavy atom. The van der Waals surface area contributed by atoms with Crippen molar-refractivity contribution in [3.05, 3.63) is 69.8 Å². The summed E-state index contributed by atoms with van der Waals surface area (Å²) in [7, 11) is 0. The van der Waals surface area contributed by atoms with Crippen molar-refractivity contribution in [2.75, 3.05) is 0 Å². The molecule has 1 aliphatic rings. The number of unbranched alkanes of at least 4 members (excludes halogenated alkanes) is 2. The summed E-state index contributed by atoms with van der Waals surface area (Å²) in [6.45, 7) is 12.9. The van der Waals surface area contributed by atoms with E-state index in [0.29, 0.717) is 0 Å². The molecule has 0 aliphatic heterocycles. The number of carbonyl (C=O) groups is 2. The summed E-state index contributed by atoms with van der Waals surface area (Å²) in [5.41, 5.74) is 6.12. The molecule has 0 amide bonds. The van der Waals surface area contributed by atoms with Crippen LogP contribution in [0.4, 0.5) is 0 Å². The Labute approximate surface area is 210 Å². The van der Waals surface area contributed by atoms with Gasteiger partial charge in [-0.3, -0.25) is 4.79 Å². The van der Waals surface area contributed by atoms with Gasteiger partial charge in [-0.05, 0) is 76.5 Å². The summed E-state index contributed by atoms with van der Waals surface area (Å²) < 4.78 is 5.89. The van der Waals surface area contributed by atoms with Crippen molar-refractivity contribution in [1.82, 2.24) is 0 Å². The third-order valence-electron chi connectivity index (χ3n) is 7.39. The van der Waals surface area contributed by atoms with Crippen molar-refractivity contribution >= 4 is 24.1 Å². The zero-order valence-electron chi connectivity index (χ0n) is 22.1. The molecule has 1 aliphatic carbocycles. The number of carboxylic acids is 1. The summed E-state index contributed by atoms with van der Waals surface area (Å²) in [6, 6.07) is 11.5. The van der Waals surface area contributed by atoms with E-state index in [1.165, 1.54) is 18.1 Å². The number of ether oxygens (including phenoxy) is 1. The number of rotatable bonds is 9. The van der Waals surface area contributed by atoms with Crippen molar-refractivity contribution < 1.29 is 19.4 Å². The first-order chi connectivity index (χ1) is 16.4. The maximum Gasteiger partial charge on any atom is 0.335 e. The van der Waals surface area contributed by atoms with Crippen LogP contribution in [0.1, 0.15) is 124 Å². The lowest BCUT2D eigenvalue weighted by Gasteiger charge is -2.42. The standard InChI is InChI=1S/C31H40O4/c1-7-8-9-10-28(35-21(2)32)25-20-27-26(30(3,4)17-18-31(27,5)6)19-24(25)16-13-22-11-14-23(15-12-22)29(33)34/h11-16,19-20,28H,7-10,17-18H2,1-6H3,(H,33,34)/b16-13+. The summed E-state index contributed by atoms with van der Waals surface area (Å²) >= 11 is 0. The zero-order chi connectivity index (χ0) is 25.8. The van der Waals surface area contributed by atoms with Crippen LogP contribution >= 0.6 is 0 Å². The lowest BCUT2D eigenvalue weighted by atomic mass is 9.62. The SMILES string of the molecule is CCCCCC(OC(C)=O)c1cc2c(cc1/C=C/c1ccc(C(=O)O)cc1)C(C)(C)CCC2(C)C. The Balaban J connectivity index is 2.13. The first-order valence-electron chi connectivity index (χ1n) is 12.8. The van der Waals surface area contributed by atoms with Gasteiger partial charge in [-0.15, -0.1) is 0 Å². The number of hydrogen-bond donors (Lipinski definition) is 1. The molecule has 2 aromatic rings. The molecule has 0 bridgehead atoms. The van der Waals surface area contributed by atoms with E-state index >= 15 is 0 Å². The van der Waals surface area contributed by atoms with Crippen molar-refractivity contribution in [1.29, 1.82) is 0 Å². The van der Waals surface area contributed by atoms with Gasteiger partial charge < -0.3 is 9.84 Å². The van der Waals surface area contributed by atoms with Crippen LogP contribution in [0.25, 0.3) is 12.2 Å². The van der Waals surface area contributed by atoms with Crippen LogP contribution in [0.2, 0.25) is 0 Å². The average Bonchev–Trinajstić information content (AvgIpc) is 2.80. The number of aromatic carboxylic acids is 1. The number of fused-ring (bicyclic) bond motifs is 1. The zero-order valence-corrected chi connectivity index (χ0v) is 22.1. The minimum atomic E-state index is -0.932. The van der Waals surface area contributed by atoms with Gasteiger partial charge in [0, 0.05) is 6.92 Å². The summed E-state index contributed by atoms with van der Waals surface area (Å²) in [6.07, 6.45) is 10.0. The van der Waals surface area contributed by atoms with Gasteiger partial charge in [0.1, 0.15) is 6.10 Å². The molecule has 1 unspecified atom stereocenters. The minimum absolute atomic E-state index is 0.0543. The Bertz CT molecular complexity index is 1090. The summed E-state index contributed by atoms with van der Waals surface area (Å²) in [4.78, 5) is 23.3. The largest absolute Gasteiger partial charge is 0.478 e. The Morgan fingerprint density at radius 2 is 1.57 bits per heavy atom. The molecule has 35 heavy (non-hydrogen) atoms. The predicted molar refractivity (Wildman–Crippen MR) is 143 cm³/mol. The minimum Gasteiger partial charge on any atom is -0.478 e. The van der Waals surface area contributed by atoms with Crippen molar-refractivity contribution in [2.24, 2.45) is 0 Å². The second-order valence-electron chi connectivity index (χ2n) is 11.1. The predicted octanol–water partition coefficient (Wildman–Crippen LogP) is 8.09. The average molecular weight is 477 g/mol. The van der Waals surface area contributed by atoms with Gasteiger partial charge in [0.15, 0.2) is 0 Å². The van der Waals surface area contributed by atoms with E-state index in [9.17, 15) is 14.7 Å². The maximum absolute atomic E-state index is 12.1. The number of esters is 1. The molecule has 0 saturated heterocycles. The molecule has 0 saturated carbocycles. The van der Waals surface area contributed by atoms with E-state index in [1.807, 2.05) is 18.2 Å². The normalized spacial score (nSPS) is 17.1. The molecule has 1 N–H and O–H groups in total. The molecular weight excluding hydrogens is 436 g/mol. The van der Waals surface area contributed by atoms with E-state index in [2.05, 4.69) is 52.8 Å². The molecule has 0 spiro atoms. The van der Waals surface area contributed by atoms with Gasteiger partial charge in [0.05, 0.1) is 5.56 Å². The van der Waals surface area contributed by atoms with Gasteiger partial charge in [-0.2, -0.15) is 0 Å². The van der Waals surface area contributed by atoms with Crippen molar-refractivity contribution in [2.45, 2.75) is 97.0 Å². The molecule has 0 fully saturated rings. The highest BCUT2D eigenvalue weighted by Gasteiger charge is 2.38. The summed E-state index contributed by atoms with van der Waals surface area (Å²) in [5, 5.41) is 9.19. The molecule has 188 valence electrons. The fourth-order valence-electron chi connectivity index (χ4n) is 5.05. The lowest BCUT2D eigenvalue weighted by molar-refractivity contribution is -0.147. The van der Waals surface area contributed by atoms with Crippen LogP contribution in [0.5, 0.6) is 0 Å². The van der Waals surface area contributed by atoms with Crippen LogP contribution in [0.15, 0.2) is 36.4 Å². The molecule has 2 aromatic carbocycles. The second kappa shape index (κ2) is 10.8. The summed E-state index contributed by atoms with van der Waals surface area (Å²) in [5.74, 6) is -1.19. The van der Waals surface area contributed by atoms with Crippen LogP contribution < -0.4 is 0 Å². The quantitative estimate of drug-likeness (QED) is 0.226. The van der Waals surface area contributed by atoms with Crippen molar-refractivity contribution in [3.8, 4) is 0 Å². The van der Waals surface area contributed by atoms with E-state index in [-0.39, 0.29) is 28.5 Å². The number of benzene rings is 2. The topological polar surface area (TPSA) is 63.6 Å². The highest BCUT2D eigenvalue weighted by molar-refractivity contribution is 5.88. The highest BCUT2D eigenvalue weighted by atomic mass is 16.5. The highest BCUT2D eigenvalue weighted by Crippen LogP contribution is 2.48. The fraction of sp³-hybridized carbons (Fsp3) is 0.484. The first-order valence-corrected chi connectivity index (χ1v) is 12.8. The fourth-order valence-corrected chi connectivity index (χ4v) is 5.05. The lowest BCUT2D eigenvalue weighted by Crippen LogP contribution is -2.34. The van der Waals surface area contributed by atoms with Crippen LogP contribution in [0, 0.1) is 0 Å². The van der Waals surface area contributed by atoms with Crippen LogP contribution in [0.3, 0.4) is 0 Å². The number of carbonyl (C=O) groups excluding carboxylic acids is 1. The molecule has 4 nitrogen and oxygen atoms in total. The van der Waals surface area contributed by atoms with Crippen LogP contribution in [-0.2, 0) is 20.4 Å². The van der Waals surface area contributed by atoms with Gasteiger partial charge in [-0.1, -0.05) is 83.9 Å². The van der Waals surface area contributed by atoms with E-state index in [0.717, 1.165) is 55.2 Å². The first kappa shape index (κ1) is 26.7. The van der Waals surface area contributed by atoms with Gasteiger partial charge >= 0.3 is 11.9 Å². The van der Waals surface area contributed by atoms with E-state index < -0.39 is 5.97 Å². The third kappa shape index (κ3) is 6.42. The van der Waals surface area contributed by atoms with E-state index in [4.69, 9.17) is 4.74 Å². The number of carboxylic acid groups (broad SMARTS) is 1. The maximum atomic E-state index is 12.1. The molecule has 0 radical (unpaired) electrons. The Hall–Kier alpha value is -2.88. The molecular formula is C31H40O4. The Kier molecular flexibility index (Phi) is 8.25. The van der Waals surface area contributed by atoms with Gasteiger partial charge in [-0.25, -0.2) is 4.79 Å². The van der Waals surface area contributed by atoms with Crippen LogP contribution in [-0.4, -0.2) is 17.0 Å². The second-order valence-corrected chi connectivity index (χ2v) is 11.1. The van der Waals surface area contributed by atoms with E-state index in [1.54, 1.807) is 12.1 Å². The smallest absolute Gasteiger partial charge is 0.335 e. The third-order valence-corrected chi connectivity index (χ3v) is 7.39. The molecule has 4 heteroatoms. The van der Waals surface area contributed by atoms with Crippen molar-refractivity contribution in [3.63, 3.8) is 0 Å². The monoisotopic (exact) mass is 476 g/mol. The Morgan fingerprint density at radius 3 is 2.11 bits per heavy atom. The van der Waals surface area contributed by atoms with Gasteiger partial charge in [0.2, 0.25) is 0 Å². The molecule has 0 aromatic heterocycles. The van der Waals surface area contributed by atoms with Gasteiger partial charge in [0.25, 0.3) is 0 Å². The molecule has 1 atom stereocenters.